The van der Waals surface area contributed by atoms with Gasteiger partial charge in [-0.05, 0) is 20.3 Å². The van der Waals surface area contributed by atoms with E-state index in [-0.39, 0.29) is 12.1 Å². The number of ether oxygens (including phenoxy) is 1. The molecule has 0 aromatic carbocycles. The largest absolute Gasteiger partial charge is 0.389 e. The third kappa shape index (κ3) is 5.49. The number of aliphatic hydroxyl groups is 1. The smallest absolute Gasteiger partial charge is 0.151 e. The highest BCUT2D eigenvalue weighted by Gasteiger charge is 2.33. The summed E-state index contributed by atoms with van der Waals surface area (Å²) in [5, 5.41) is 9.94. The van der Waals surface area contributed by atoms with Crippen LogP contribution in [0.1, 0.15) is 20.3 Å². The van der Waals surface area contributed by atoms with Crippen molar-refractivity contribution in [2.45, 2.75) is 38.5 Å². The van der Waals surface area contributed by atoms with Gasteiger partial charge in [0.15, 0.2) is 9.84 Å². The molecule has 2 aliphatic rings. The molecule has 0 bridgehead atoms. The Morgan fingerprint density at radius 3 is 2.43 bits per heavy atom. The van der Waals surface area contributed by atoms with Crippen molar-refractivity contribution < 1.29 is 18.3 Å². The molecule has 2 atom stereocenters. The van der Waals surface area contributed by atoms with E-state index in [1.54, 1.807) is 0 Å². The van der Waals surface area contributed by atoms with Gasteiger partial charge in [0.2, 0.25) is 0 Å². The van der Waals surface area contributed by atoms with E-state index >= 15 is 0 Å². The lowest BCUT2D eigenvalue weighted by atomic mass is 10.2. The predicted octanol–water partition coefficient (Wildman–Crippen LogP) is -0.423. The molecule has 0 spiro atoms. The van der Waals surface area contributed by atoms with Crippen molar-refractivity contribution in [3.8, 4) is 0 Å². The van der Waals surface area contributed by atoms with Crippen LogP contribution in [0.5, 0.6) is 0 Å². The first-order valence-corrected chi connectivity index (χ1v) is 9.64. The normalized spacial score (nSPS) is 29.0. The fraction of sp³-hybridized carbons (Fsp3) is 1.00. The summed E-state index contributed by atoms with van der Waals surface area (Å²) in [5.41, 5.74) is 0. The summed E-state index contributed by atoms with van der Waals surface area (Å²) in [7, 11) is -2.80. The molecular formula is C14H28N2O4S. The van der Waals surface area contributed by atoms with Crippen LogP contribution in [0.25, 0.3) is 0 Å². The first-order valence-electron chi connectivity index (χ1n) is 7.82. The van der Waals surface area contributed by atoms with Gasteiger partial charge in [-0.15, -0.1) is 0 Å². The lowest BCUT2D eigenvalue weighted by Gasteiger charge is -2.38. The second kappa shape index (κ2) is 7.37. The third-order valence-electron chi connectivity index (χ3n) is 4.22. The Balaban J connectivity index is 1.69. The van der Waals surface area contributed by atoms with E-state index in [0.29, 0.717) is 24.7 Å². The van der Waals surface area contributed by atoms with Gasteiger partial charge in [-0.2, -0.15) is 0 Å². The number of hydrogen-bond acceptors (Lipinski definition) is 6. The van der Waals surface area contributed by atoms with Gasteiger partial charge in [0.1, 0.15) is 0 Å². The maximum atomic E-state index is 11.5. The number of nitrogens with zero attached hydrogens (tertiary/aromatic N) is 2. The highest BCUT2D eigenvalue weighted by molar-refractivity contribution is 7.91. The predicted molar refractivity (Wildman–Crippen MR) is 82.2 cm³/mol. The molecule has 2 fully saturated rings. The van der Waals surface area contributed by atoms with Crippen molar-refractivity contribution in [1.29, 1.82) is 0 Å². The van der Waals surface area contributed by atoms with Crippen LogP contribution >= 0.6 is 0 Å². The molecule has 0 aromatic rings. The Bertz CT molecular complexity index is 419. The van der Waals surface area contributed by atoms with Gasteiger partial charge in [0.05, 0.1) is 30.3 Å². The second-order valence-electron chi connectivity index (χ2n) is 6.43. The molecule has 0 aliphatic carbocycles. The quantitative estimate of drug-likeness (QED) is 0.717. The van der Waals surface area contributed by atoms with Gasteiger partial charge < -0.3 is 9.84 Å². The summed E-state index contributed by atoms with van der Waals surface area (Å²) in [6.45, 7) is 8.46. The highest BCUT2D eigenvalue weighted by atomic mass is 32.2. The molecule has 0 aromatic heterocycles. The van der Waals surface area contributed by atoms with Crippen molar-refractivity contribution in [1.82, 2.24) is 9.80 Å². The molecule has 0 unspecified atom stereocenters. The van der Waals surface area contributed by atoms with Crippen LogP contribution in [0, 0.1) is 0 Å². The molecule has 2 aliphatic heterocycles. The van der Waals surface area contributed by atoms with E-state index in [1.165, 1.54) is 0 Å². The first kappa shape index (κ1) is 17.1. The van der Waals surface area contributed by atoms with E-state index in [4.69, 9.17) is 4.74 Å². The van der Waals surface area contributed by atoms with Crippen molar-refractivity contribution >= 4 is 9.84 Å². The molecule has 2 heterocycles. The van der Waals surface area contributed by atoms with E-state index in [1.807, 2.05) is 13.8 Å². The molecular weight excluding hydrogens is 292 g/mol. The summed E-state index contributed by atoms with van der Waals surface area (Å²) in [5.74, 6) is 0.654. The average molecular weight is 320 g/mol. The number of aliphatic hydroxyl groups excluding tert-OH is 1. The number of β-amino-alcohol motifs (C(OH)–C–C–N with tert-alkyl or cyclic N) is 1. The zero-order valence-corrected chi connectivity index (χ0v) is 13.9. The Morgan fingerprint density at radius 1 is 1.24 bits per heavy atom. The molecule has 1 N–H and O–H groups in total. The van der Waals surface area contributed by atoms with Crippen LogP contribution in [0.4, 0.5) is 0 Å². The lowest BCUT2D eigenvalue weighted by molar-refractivity contribution is -0.0161. The fourth-order valence-corrected chi connectivity index (χ4v) is 4.79. The molecule has 124 valence electrons. The number of sulfone groups is 1. The fourth-order valence-electron chi connectivity index (χ4n) is 3.03. The van der Waals surface area contributed by atoms with Crippen molar-refractivity contribution in [3.05, 3.63) is 0 Å². The maximum absolute atomic E-state index is 11.5. The van der Waals surface area contributed by atoms with Gasteiger partial charge in [-0.1, -0.05) is 0 Å². The summed E-state index contributed by atoms with van der Waals surface area (Å²) >= 11 is 0. The minimum Gasteiger partial charge on any atom is -0.389 e. The molecule has 21 heavy (non-hydrogen) atoms. The van der Waals surface area contributed by atoms with Gasteiger partial charge in [0, 0.05) is 38.8 Å². The van der Waals surface area contributed by atoms with Crippen LogP contribution in [-0.2, 0) is 14.6 Å². The maximum Gasteiger partial charge on any atom is 0.151 e. The van der Waals surface area contributed by atoms with Gasteiger partial charge in [-0.3, -0.25) is 9.80 Å². The van der Waals surface area contributed by atoms with Gasteiger partial charge in [0.25, 0.3) is 0 Å². The SMILES string of the molecule is CC(C)OC[C@@H](O)CN1CCN([C@H]2CCS(=O)(=O)C2)CC1. The van der Waals surface area contributed by atoms with Crippen molar-refractivity contribution in [3.63, 3.8) is 0 Å². The zero-order valence-electron chi connectivity index (χ0n) is 13.1. The van der Waals surface area contributed by atoms with E-state index in [9.17, 15) is 13.5 Å². The molecule has 6 nitrogen and oxygen atoms in total. The topological polar surface area (TPSA) is 70.1 Å². The number of piperazine rings is 1. The summed E-state index contributed by atoms with van der Waals surface area (Å²) in [6.07, 6.45) is 0.458. The summed E-state index contributed by atoms with van der Waals surface area (Å²) in [4.78, 5) is 4.52. The van der Waals surface area contributed by atoms with Crippen LogP contribution in [0.3, 0.4) is 0 Å². The monoisotopic (exact) mass is 320 g/mol. The minimum absolute atomic E-state index is 0.140. The van der Waals surface area contributed by atoms with Crippen LogP contribution < -0.4 is 0 Å². The molecule has 0 amide bonds. The Kier molecular flexibility index (Phi) is 6.02. The molecule has 2 rings (SSSR count). The number of rotatable bonds is 6. The summed E-state index contributed by atoms with van der Waals surface area (Å²) in [6, 6.07) is 0.200. The van der Waals surface area contributed by atoms with Gasteiger partial charge >= 0.3 is 0 Å². The Labute approximate surface area is 128 Å². The average Bonchev–Trinajstić information content (AvgIpc) is 2.78. The van der Waals surface area contributed by atoms with E-state index in [0.717, 1.165) is 32.6 Å². The molecule has 2 saturated heterocycles. The second-order valence-corrected chi connectivity index (χ2v) is 8.66. The summed E-state index contributed by atoms with van der Waals surface area (Å²) < 4.78 is 28.5. The van der Waals surface area contributed by atoms with E-state index in [2.05, 4.69) is 9.80 Å². The lowest BCUT2D eigenvalue weighted by Crippen LogP contribution is -2.52. The molecule has 7 heteroatoms. The number of hydrogen-bond donors (Lipinski definition) is 1. The first-order chi connectivity index (χ1) is 9.85. The van der Waals surface area contributed by atoms with Gasteiger partial charge in [-0.25, -0.2) is 8.42 Å². The molecule has 0 saturated carbocycles. The zero-order chi connectivity index (χ0) is 15.5. The highest BCUT2D eigenvalue weighted by Crippen LogP contribution is 2.19. The Hall–Kier alpha value is -0.210. The Morgan fingerprint density at radius 2 is 1.90 bits per heavy atom. The van der Waals surface area contributed by atoms with Crippen molar-refractivity contribution in [2.24, 2.45) is 0 Å². The minimum atomic E-state index is -2.80. The van der Waals surface area contributed by atoms with Crippen LogP contribution in [-0.4, -0.2) is 92.4 Å². The van der Waals surface area contributed by atoms with E-state index < -0.39 is 15.9 Å². The standard InChI is InChI=1S/C14H28N2O4S/c1-12(2)20-10-14(17)9-15-4-6-16(7-5-15)13-3-8-21(18,19)11-13/h12-14,17H,3-11H2,1-2H3/t13-,14-/m0/s1. The molecule has 0 radical (unpaired) electrons. The van der Waals surface area contributed by atoms with Crippen LogP contribution in [0.2, 0.25) is 0 Å². The van der Waals surface area contributed by atoms with Crippen LogP contribution in [0.15, 0.2) is 0 Å². The van der Waals surface area contributed by atoms with Crippen molar-refractivity contribution in [2.75, 3.05) is 50.8 Å². The third-order valence-corrected chi connectivity index (χ3v) is 5.97.